The van der Waals surface area contributed by atoms with Gasteiger partial charge < -0.3 is 0 Å². The van der Waals surface area contributed by atoms with Crippen molar-refractivity contribution < 1.29 is 19.5 Å². The molecule has 0 rings (SSSR count). The molecule has 25 valence electrons. The summed E-state index contributed by atoms with van der Waals surface area (Å²) in [5.74, 6) is 0. The predicted molar refractivity (Wildman–Crippen MR) is 12.4 cm³/mol. The average molecular weight is 180 g/mol. The van der Waals surface area contributed by atoms with Gasteiger partial charge >= 0.3 is 37.9 Å². The molecule has 0 unspecified atom stereocenters. The second-order valence-electron chi connectivity index (χ2n) is 0.202. The summed E-state index contributed by atoms with van der Waals surface area (Å²) in [6, 6.07) is 0. The minimum atomic E-state index is -2.76. The Balaban J connectivity index is 2.80. The van der Waals surface area contributed by atoms with Crippen LogP contribution < -0.4 is 0 Å². The first kappa shape index (κ1) is 5.12. The van der Waals surface area contributed by atoms with Crippen LogP contribution in [0.2, 0.25) is 0 Å². The Hall–Kier alpha value is 1.12. The SMILES string of the molecule is [O]=[Nb]([Cl])[Cl]. The molecule has 0 heterocycles. The third-order valence-corrected chi connectivity index (χ3v) is 0. The number of hydrogen-bond acceptors (Lipinski definition) is 1. The molecule has 0 fully saturated rings. The van der Waals surface area contributed by atoms with Crippen LogP contribution in [-0.4, -0.2) is 0 Å². The fourth-order valence-electron chi connectivity index (χ4n) is 0. The number of halogens is 2. The third kappa shape index (κ3) is 11.2. The summed E-state index contributed by atoms with van der Waals surface area (Å²) in [6.07, 6.45) is 0. The van der Waals surface area contributed by atoms with E-state index in [-0.39, 0.29) is 0 Å². The Labute approximate surface area is 38.0 Å². The van der Waals surface area contributed by atoms with Crippen molar-refractivity contribution in [2.24, 2.45) is 0 Å². The zero-order chi connectivity index (χ0) is 3.58. The van der Waals surface area contributed by atoms with E-state index in [0.717, 1.165) is 0 Å². The van der Waals surface area contributed by atoms with Crippen molar-refractivity contribution in [1.29, 1.82) is 0 Å². The summed E-state index contributed by atoms with van der Waals surface area (Å²) in [5.41, 5.74) is 0. The average Bonchev–Trinajstić information content (AvgIpc) is 0.811. The molecule has 0 spiro atoms. The molecule has 0 aliphatic heterocycles. The van der Waals surface area contributed by atoms with Gasteiger partial charge in [0.05, 0.1) is 0 Å². The van der Waals surface area contributed by atoms with Gasteiger partial charge in [-0.1, -0.05) is 0 Å². The van der Waals surface area contributed by atoms with Crippen LogP contribution in [0.15, 0.2) is 0 Å². The molecule has 0 aliphatic rings. The topological polar surface area (TPSA) is 17.1 Å². The molecule has 0 aliphatic carbocycles. The van der Waals surface area contributed by atoms with Gasteiger partial charge in [-0.2, -0.15) is 0 Å². The van der Waals surface area contributed by atoms with Crippen molar-refractivity contribution in [2.45, 2.75) is 0 Å². The van der Waals surface area contributed by atoms with E-state index >= 15 is 0 Å². The van der Waals surface area contributed by atoms with E-state index in [1.165, 1.54) is 0 Å². The van der Waals surface area contributed by atoms with Crippen LogP contribution in [0, 0.1) is 0 Å². The van der Waals surface area contributed by atoms with E-state index in [9.17, 15) is 3.25 Å². The standard InChI is InChI=1S/2ClH.Nb.O/h2*1H;;/q;;+2;/p-2. The molecule has 0 atom stereocenters. The quantitative estimate of drug-likeness (QED) is 0.512. The van der Waals surface area contributed by atoms with Crippen molar-refractivity contribution in [3.8, 4) is 0 Å². The molecule has 0 aromatic carbocycles. The van der Waals surface area contributed by atoms with E-state index in [4.69, 9.17) is 0 Å². The molecular weight excluding hydrogens is 180 g/mol. The monoisotopic (exact) mass is 179 g/mol. The molecule has 0 radical (unpaired) electrons. The zero-order valence-corrected chi connectivity index (χ0v) is 5.32. The van der Waals surface area contributed by atoms with E-state index in [2.05, 4.69) is 18.4 Å². The summed E-state index contributed by atoms with van der Waals surface area (Å²) in [7, 11) is 9.34. The van der Waals surface area contributed by atoms with Crippen LogP contribution in [0.4, 0.5) is 0 Å². The van der Waals surface area contributed by atoms with E-state index in [0.29, 0.717) is 0 Å². The first-order chi connectivity index (χ1) is 1.73. The normalized spacial score (nSPS) is 6.50. The second-order valence-corrected chi connectivity index (χ2v) is 5.85. The van der Waals surface area contributed by atoms with Crippen molar-refractivity contribution in [3.63, 3.8) is 0 Å². The second kappa shape index (κ2) is 2.36. The predicted octanol–water partition coefficient (Wildman–Crippen LogP) is 1.26. The first-order valence-electron chi connectivity index (χ1n) is 0.521. The van der Waals surface area contributed by atoms with Crippen LogP contribution >= 0.6 is 18.4 Å². The van der Waals surface area contributed by atoms with Crippen molar-refractivity contribution in [1.82, 2.24) is 0 Å². The minimum absolute atomic E-state index is 2.76. The summed E-state index contributed by atoms with van der Waals surface area (Å²) in [5, 5.41) is 0. The van der Waals surface area contributed by atoms with Crippen LogP contribution in [0.25, 0.3) is 0 Å². The maximum absolute atomic E-state index is 9.24. The van der Waals surface area contributed by atoms with Gasteiger partial charge in [-0.15, -0.1) is 0 Å². The molecule has 0 aromatic rings. The van der Waals surface area contributed by atoms with Gasteiger partial charge in [0.15, 0.2) is 0 Å². The van der Waals surface area contributed by atoms with E-state index in [1.807, 2.05) is 0 Å². The fourth-order valence-corrected chi connectivity index (χ4v) is 0. The molecular formula is Cl2NbO. The van der Waals surface area contributed by atoms with Gasteiger partial charge in [0.2, 0.25) is 0 Å². The van der Waals surface area contributed by atoms with Gasteiger partial charge in [-0.05, 0) is 0 Å². The summed E-state index contributed by atoms with van der Waals surface area (Å²) in [4.78, 5) is 0. The van der Waals surface area contributed by atoms with Crippen LogP contribution in [0.1, 0.15) is 0 Å². The Kier molecular flexibility index (Phi) is 3.02. The molecule has 0 saturated heterocycles. The number of hydrogen-bond donors (Lipinski definition) is 0. The van der Waals surface area contributed by atoms with Crippen molar-refractivity contribution in [3.05, 3.63) is 0 Å². The molecule has 0 N–H and O–H groups in total. The molecule has 4 heteroatoms. The van der Waals surface area contributed by atoms with Crippen molar-refractivity contribution in [2.75, 3.05) is 0 Å². The Morgan fingerprint density at radius 1 is 1.50 bits per heavy atom. The number of rotatable bonds is 0. The van der Waals surface area contributed by atoms with Crippen LogP contribution in [0.5, 0.6) is 0 Å². The van der Waals surface area contributed by atoms with Gasteiger partial charge in [0, 0.05) is 0 Å². The van der Waals surface area contributed by atoms with Gasteiger partial charge in [-0.25, -0.2) is 0 Å². The van der Waals surface area contributed by atoms with Crippen LogP contribution in [-0.2, 0) is 19.5 Å². The van der Waals surface area contributed by atoms with Crippen LogP contribution in [0.3, 0.4) is 0 Å². The first-order valence-corrected chi connectivity index (χ1v) is 7.08. The Bertz CT molecular complexity index is 29.0. The molecule has 0 saturated carbocycles. The fraction of sp³-hybridized carbons (Fsp3) is 0. The van der Waals surface area contributed by atoms with E-state index in [1.54, 1.807) is 0 Å². The zero-order valence-electron chi connectivity index (χ0n) is 1.61. The molecule has 4 heavy (non-hydrogen) atoms. The van der Waals surface area contributed by atoms with E-state index < -0.39 is 16.3 Å². The summed E-state index contributed by atoms with van der Waals surface area (Å²) in [6.45, 7) is 0. The molecule has 0 aromatic heterocycles. The molecule has 1 nitrogen and oxygen atoms in total. The molecule has 0 bridgehead atoms. The third-order valence-electron chi connectivity index (χ3n) is 0. The van der Waals surface area contributed by atoms with Crippen molar-refractivity contribution >= 4 is 18.4 Å². The molecule has 0 amide bonds. The van der Waals surface area contributed by atoms with Gasteiger partial charge in [0.25, 0.3) is 0 Å². The summed E-state index contributed by atoms with van der Waals surface area (Å²) >= 11 is -2.76. The van der Waals surface area contributed by atoms with Gasteiger partial charge in [-0.3, -0.25) is 0 Å². The maximum atomic E-state index is 9.24. The Morgan fingerprint density at radius 2 is 1.50 bits per heavy atom. The Morgan fingerprint density at radius 3 is 1.50 bits per heavy atom. The van der Waals surface area contributed by atoms with Gasteiger partial charge in [0.1, 0.15) is 0 Å². The summed E-state index contributed by atoms with van der Waals surface area (Å²) < 4.78 is 9.24.